The van der Waals surface area contributed by atoms with Crippen molar-refractivity contribution in [2.45, 2.75) is 30.9 Å². The van der Waals surface area contributed by atoms with Gasteiger partial charge in [0.1, 0.15) is 5.54 Å². The number of hydrogen-bond donors (Lipinski definition) is 1. The normalized spacial score (nSPS) is 12.2. The summed E-state index contributed by atoms with van der Waals surface area (Å²) < 4.78 is 12.9. The number of nitrogens with zero attached hydrogens (tertiary/aromatic N) is 2. The van der Waals surface area contributed by atoms with Gasteiger partial charge >= 0.3 is 0 Å². The standard InChI is InChI=1S/C34H34N2O3/c1-38-32-22-21-26(23-33(32)39-2)13-12-20-31(37)30-24-36(25-35-30)34(27-14-6-3-7-15-27,28-16-8-4-9-17-28)29-18-10-5-11-19-29/h3-11,14-19,21-25,31,37H,12-13,20H2,1-2H3. The summed E-state index contributed by atoms with van der Waals surface area (Å²) in [5, 5.41) is 11.2. The molecule has 198 valence electrons. The third kappa shape index (κ3) is 5.31. The maximum Gasteiger partial charge on any atom is 0.160 e. The molecule has 5 heteroatoms. The van der Waals surface area contributed by atoms with Crippen LogP contribution in [0.1, 0.15) is 46.9 Å². The quantitative estimate of drug-likeness (QED) is 0.196. The van der Waals surface area contributed by atoms with Crippen LogP contribution in [0.25, 0.3) is 0 Å². The summed E-state index contributed by atoms with van der Waals surface area (Å²) in [7, 11) is 3.27. The molecule has 0 bridgehead atoms. The monoisotopic (exact) mass is 518 g/mol. The van der Waals surface area contributed by atoms with Crippen molar-refractivity contribution in [2.75, 3.05) is 14.2 Å². The number of hydrogen-bond acceptors (Lipinski definition) is 4. The molecule has 1 N–H and O–H groups in total. The first-order valence-corrected chi connectivity index (χ1v) is 13.3. The molecule has 0 aliphatic rings. The topological polar surface area (TPSA) is 56.5 Å². The number of benzene rings is 4. The summed E-state index contributed by atoms with van der Waals surface area (Å²) in [6.45, 7) is 0. The Morgan fingerprint density at radius 2 is 1.28 bits per heavy atom. The average Bonchev–Trinajstić information content (AvgIpc) is 3.50. The molecule has 0 radical (unpaired) electrons. The Hall–Kier alpha value is -4.35. The number of methoxy groups -OCH3 is 2. The second kappa shape index (κ2) is 12.0. The predicted octanol–water partition coefficient (Wildman–Crippen LogP) is 6.80. The van der Waals surface area contributed by atoms with Crippen molar-refractivity contribution in [1.29, 1.82) is 0 Å². The van der Waals surface area contributed by atoms with E-state index in [-0.39, 0.29) is 0 Å². The number of ether oxygens (including phenoxy) is 2. The smallest absolute Gasteiger partial charge is 0.160 e. The molecule has 0 aliphatic heterocycles. The minimum atomic E-state index is -0.675. The Morgan fingerprint density at radius 1 is 0.744 bits per heavy atom. The highest BCUT2D eigenvalue weighted by Crippen LogP contribution is 2.41. The lowest BCUT2D eigenvalue weighted by Crippen LogP contribution is -2.37. The molecule has 0 fully saturated rings. The van der Waals surface area contributed by atoms with Crippen LogP contribution in [0, 0.1) is 0 Å². The molecule has 5 rings (SSSR count). The van der Waals surface area contributed by atoms with Gasteiger partial charge < -0.3 is 19.1 Å². The van der Waals surface area contributed by atoms with Crippen molar-refractivity contribution in [3.63, 3.8) is 0 Å². The van der Waals surface area contributed by atoms with Crippen LogP contribution in [0.3, 0.4) is 0 Å². The van der Waals surface area contributed by atoms with Crippen molar-refractivity contribution in [2.24, 2.45) is 0 Å². The third-order valence-electron chi connectivity index (χ3n) is 7.30. The van der Waals surface area contributed by atoms with E-state index in [1.54, 1.807) is 14.2 Å². The van der Waals surface area contributed by atoms with E-state index in [0.717, 1.165) is 35.1 Å². The third-order valence-corrected chi connectivity index (χ3v) is 7.30. The lowest BCUT2D eigenvalue weighted by Gasteiger charge is -2.37. The van der Waals surface area contributed by atoms with Crippen LogP contribution in [-0.2, 0) is 12.0 Å². The van der Waals surface area contributed by atoms with Gasteiger partial charge in [-0.3, -0.25) is 0 Å². The van der Waals surface area contributed by atoms with Crippen LogP contribution in [-0.4, -0.2) is 28.9 Å². The molecule has 1 atom stereocenters. The van der Waals surface area contributed by atoms with E-state index < -0.39 is 11.6 Å². The highest BCUT2D eigenvalue weighted by atomic mass is 16.5. The summed E-state index contributed by atoms with van der Waals surface area (Å²) in [5.74, 6) is 1.43. The summed E-state index contributed by atoms with van der Waals surface area (Å²) in [6.07, 6.45) is 5.39. The largest absolute Gasteiger partial charge is 0.493 e. The van der Waals surface area contributed by atoms with Crippen molar-refractivity contribution in [3.8, 4) is 11.5 Å². The Morgan fingerprint density at radius 3 is 1.79 bits per heavy atom. The van der Waals surface area contributed by atoms with Crippen molar-refractivity contribution in [1.82, 2.24) is 9.55 Å². The first-order valence-electron chi connectivity index (χ1n) is 13.3. The van der Waals surface area contributed by atoms with E-state index in [9.17, 15) is 5.11 Å². The molecule has 0 saturated heterocycles. The lowest BCUT2D eigenvalue weighted by molar-refractivity contribution is 0.160. The summed E-state index contributed by atoms with van der Waals surface area (Å²) in [6, 6.07) is 37.4. The SMILES string of the molecule is COc1ccc(CCCC(O)c2cn(C(c3ccccc3)(c3ccccc3)c3ccccc3)cn2)cc1OC. The summed E-state index contributed by atoms with van der Waals surface area (Å²) >= 11 is 0. The van der Waals surface area contributed by atoms with Gasteiger partial charge in [-0.05, 0) is 53.6 Å². The molecule has 0 amide bonds. The van der Waals surface area contributed by atoms with E-state index in [1.165, 1.54) is 0 Å². The van der Waals surface area contributed by atoms with Gasteiger partial charge in [-0.2, -0.15) is 0 Å². The highest BCUT2D eigenvalue weighted by Gasteiger charge is 2.38. The molecule has 5 aromatic rings. The van der Waals surface area contributed by atoms with Gasteiger partial charge in [-0.25, -0.2) is 4.98 Å². The van der Waals surface area contributed by atoms with Crippen molar-refractivity contribution >= 4 is 0 Å². The number of imidazole rings is 1. The van der Waals surface area contributed by atoms with E-state index in [4.69, 9.17) is 14.5 Å². The Balaban J connectivity index is 1.45. The lowest BCUT2D eigenvalue weighted by atomic mass is 9.77. The Labute approximate surface area is 230 Å². The van der Waals surface area contributed by atoms with Gasteiger partial charge in [0.2, 0.25) is 0 Å². The van der Waals surface area contributed by atoms with Gasteiger partial charge in [0.05, 0.1) is 32.3 Å². The van der Waals surface area contributed by atoms with Crippen LogP contribution in [0.15, 0.2) is 122 Å². The molecule has 1 aromatic heterocycles. The zero-order valence-corrected chi connectivity index (χ0v) is 22.4. The van der Waals surface area contributed by atoms with Crippen LogP contribution < -0.4 is 9.47 Å². The minimum absolute atomic E-state index is 0.598. The fraction of sp³-hybridized carbons (Fsp3) is 0.206. The number of aliphatic hydroxyl groups excluding tert-OH is 1. The summed E-state index contributed by atoms with van der Waals surface area (Å²) in [5.41, 5.74) is 4.52. The van der Waals surface area contributed by atoms with E-state index in [2.05, 4.69) is 77.4 Å². The molecule has 0 saturated carbocycles. The second-order valence-electron chi connectivity index (χ2n) is 9.61. The highest BCUT2D eigenvalue weighted by molar-refractivity contribution is 5.50. The second-order valence-corrected chi connectivity index (χ2v) is 9.61. The number of aliphatic hydroxyl groups is 1. The molecule has 5 nitrogen and oxygen atoms in total. The van der Waals surface area contributed by atoms with Crippen molar-refractivity contribution < 1.29 is 14.6 Å². The zero-order chi connectivity index (χ0) is 27.1. The molecule has 0 spiro atoms. The predicted molar refractivity (Wildman–Crippen MR) is 154 cm³/mol. The van der Waals surface area contributed by atoms with Gasteiger partial charge in [-0.15, -0.1) is 0 Å². The number of rotatable bonds is 11. The van der Waals surface area contributed by atoms with Gasteiger partial charge in [0.25, 0.3) is 0 Å². The maximum absolute atomic E-state index is 11.2. The molecule has 1 unspecified atom stereocenters. The van der Waals surface area contributed by atoms with Crippen LogP contribution in [0.2, 0.25) is 0 Å². The van der Waals surface area contributed by atoms with Gasteiger partial charge in [0, 0.05) is 6.20 Å². The van der Waals surface area contributed by atoms with Gasteiger partial charge in [-0.1, -0.05) is 97.1 Å². The fourth-order valence-electron chi connectivity index (χ4n) is 5.36. The molecule has 39 heavy (non-hydrogen) atoms. The van der Waals surface area contributed by atoms with E-state index >= 15 is 0 Å². The van der Waals surface area contributed by atoms with Crippen LogP contribution >= 0.6 is 0 Å². The van der Waals surface area contributed by atoms with Crippen LogP contribution in [0.4, 0.5) is 0 Å². The molecular weight excluding hydrogens is 484 g/mol. The fourth-order valence-corrected chi connectivity index (χ4v) is 5.36. The molecule has 4 aromatic carbocycles. The van der Waals surface area contributed by atoms with E-state index in [0.29, 0.717) is 23.6 Å². The van der Waals surface area contributed by atoms with E-state index in [1.807, 2.05) is 48.9 Å². The molecule has 0 aliphatic carbocycles. The van der Waals surface area contributed by atoms with Gasteiger partial charge in [0.15, 0.2) is 11.5 Å². The number of aryl methyl sites for hydroxylation is 1. The first kappa shape index (κ1) is 26.3. The molecule has 1 heterocycles. The molecular formula is C34H34N2O3. The Kier molecular flexibility index (Phi) is 8.09. The average molecular weight is 519 g/mol. The van der Waals surface area contributed by atoms with Crippen molar-refractivity contribution in [3.05, 3.63) is 150 Å². The first-order chi connectivity index (χ1) is 19.2. The zero-order valence-electron chi connectivity index (χ0n) is 22.4. The van der Waals surface area contributed by atoms with Crippen LogP contribution in [0.5, 0.6) is 11.5 Å². The Bertz CT molecular complexity index is 1370. The number of aromatic nitrogens is 2. The minimum Gasteiger partial charge on any atom is -0.493 e. The summed E-state index contributed by atoms with van der Waals surface area (Å²) in [4.78, 5) is 4.71. The maximum atomic E-state index is 11.2.